The number of ether oxygens (including phenoxy) is 1. The average molecular weight is 590 g/mol. The molecule has 5 rings (SSSR count). The summed E-state index contributed by atoms with van der Waals surface area (Å²) in [6, 6.07) is 32.6. The number of rotatable bonds is 11. The Morgan fingerprint density at radius 2 is 1.60 bits per heavy atom. The van der Waals surface area contributed by atoms with E-state index in [9.17, 15) is 14.9 Å². The third-order valence-corrected chi connectivity index (χ3v) is 6.88. The monoisotopic (exact) mass is 589 g/mol. The molecule has 214 valence electrons. The van der Waals surface area contributed by atoms with Crippen molar-refractivity contribution < 1.29 is 14.3 Å². The Morgan fingerprint density at radius 1 is 0.907 bits per heavy atom. The molecule has 0 saturated heterocycles. The first-order valence-corrected chi connectivity index (χ1v) is 14.1. The Kier molecular flexibility index (Phi) is 9.15. The second-order valence-electron chi connectivity index (χ2n) is 9.71. The Hall–Kier alpha value is -5.39. The van der Waals surface area contributed by atoms with Gasteiger partial charge >= 0.3 is 0 Å². The third-order valence-electron chi connectivity index (χ3n) is 6.63. The van der Waals surface area contributed by atoms with Crippen LogP contribution in [0, 0.1) is 18.3 Å². The Balaban J connectivity index is 1.29. The molecule has 43 heavy (non-hydrogen) atoms. The number of hydrogen-bond acceptors (Lipinski definition) is 6. The standard InChI is InChI=1S/C34H28ClN5O3/c1-23-12-14-24(15-13-23)32(41)31-29(22-36)33(40(39-31)26-18-16-25(35)17-19-26)37-20-7-21-38-34(42)28-10-5-6-11-30(28)43-27-8-3-2-4-9-27/h2-6,8-19,37H,7,20-21H2,1H3,(H,38,42). The highest BCUT2D eigenvalue weighted by molar-refractivity contribution is 6.30. The molecule has 0 radical (unpaired) electrons. The van der Waals surface area contributed by atoms with Crippen molar-refractivity contribution in [1.82, 2.24) is 15.1 Å². The van der Waals surface area contributed by atoms with Crippen LogP contribution in [0.4, 0.5) is 5.82 Å². The van der Waals surface area contributed by atoms with Crippen LogP contribution in [0.1, 0.15) is 44.0 Å². The minimum Gasteiger partial charge on any atom is -0.457 e. The molecule has 2 N–H and O–H groups in total. The minimum absolute atomic E-state index is 0.0483. The van der Waals surface area contributed by atoms with Crippen LogP contribution in [0.2, 0.25) is 5.02 Å². The molecule has 8 nitrogen and oxygen atoms in total. The van der Waals surface area contributed by atoms with Gasteiger partial charge in [0.2, 0.25) is 5.78 Å². The number of nitrogens with zero attached hydrogens (tertiary/aromatic N) is 3. The Morgan fingerprint density at radius 3 is 2.33 bits per heavy atom. The zero-order valence-electron chi connectivity index (χ0n) is 23.4. The molecule has 0 saturated carbocycles. The van der Waals surface area contributed by atoms with Gasteiger partial charge in [-0.3, -0.25) is 9.59 Å². The smallest absolute Gasteiger partial charge is 0.255 e. The van der Waals surface area contributed by atoms with E-state index in [2.05, 4.69) is 21.8 Å². The summed E-state index contributed by atoms with van der Waals surface area (Å²) in [5, 5.41) is 21.4. The van der Waals surface area contributed by atoms with Gasteiger partial charge in [0.15, 0.2) is 5.69 Å². The van der Waals surface area contributed by atoms with Crippen molar-refractivity contribution in [2.45, 2.75) is 13.3 Å². The van der Waals surface area contributed by atoms with E-state index in [1.54, 1.807) is 54.6 Å². The molecule has 0 unspecified atom stereocenters. The summed E-state index contributed by atoms with van der Waals surface area (Å²) in [6.07, 6.45) is 0.533. The number of aromatic nitrogens is 2. The van der Waals surface area contributed by atoms with Crippen molar-refractivity contribution in [3.05, 3.63) is 136 Å². The van der Waals surface area contributed by atoms with E-state index >= 15 is 0 Å². The largest absolute Gasteiger partial charge is 0.457 e. The molecule has 0 spiro atoms. The number of amides is 1. The van der Waals surface area contributed by atoms with E-state index in [4.69, 9.17) is 16.3 Å². The number of anilines is 1. The van der Waals surface area contributed by atoms with Gasteiger partial charge in [-0.1, -0.05) is 71.8 Å². The third kappa shape index (κ3) is 6.92. The first kappa shape index (κ1) is 29.1. The predicted octanol–water partition coefficient (Wildman–Crippen LogP) is 6.96. The fraction of sp³-hybridized carbons (Fsp3) is 0.118. The number of aryl methyl sites for hydroxylation is 1. The molecule has 0 bridgehead atoms. The van der Waals surface area contributed by atoms with E-state index < -0.39 is 0 Å². The lowest BCUT2D eigenvalue weighted by Gasteiger charge is -2.12. The van der Waals surface area contributed by atoms with Crippen molar-refractivity contribution >= 4 is 29.1 Å². The number of carbonyl (C=O) groups is 2. The van der Waals surface area contributed by atoms with E-state index in [0.717, 1.165) is 5.56 Å². The van der Waals surface area contributed by atoms with E-state index in [0.29, 0.717) is 58.7 Å². The van der Waals surface area contributed by atoms with Gasteiger partial charge in [-0.15, -0.1) is 0 Å². The number of halogens is 1. The van der Waals surface area contributed by atoms with Crippen LogP contribution < -0.4 is 15.4 Å². The summed E-state index contributed by atoms with van der Waals surface area (Å²) in [5.74, 6) is 0.865. The van der Waals surface area contributed by atoms with Crippen LogP contribution >= 0.6 is 11.6 Å². The molecule has 0 fully saturated rings. The topological polar surface area (TPSA) is 109 Å². The van der Waals surface area contributed by atoms with Gasteiger partial charge < -0.3 is 15.4 Å². The first-order chi connectivity index (χ1) is 20.9. The van der Waals surface area contributed by atoms with E-state index in [1.807, 2.05) is 55.5 Å². The Labute approximate surface area is 254 Å². The summed E-state index contributed by atoms with van der Waals surface area (Å²) < 4.78 is 7.45. The average Bonchev–Trinajstić information content (AvgIpc) is 3.40. The van der Waals surface area contributed by atoms with E-state index in [1.165, 1.54) is 4.68 Å². The number of ketones is 1. The van der Waals surface area contributed by atoms with Crippen molar-refractivity contribution in [2.75, 3.05) is 18.4 Å². The maximum absolute atomic E-state index is 13.4. The predicted molar refractivity (Wildman–Crippen MR) is 166 cm³/mol. The molecule has 5 aromatic rings. The molecule has 4 aromatic carbocycles. The lowest BCUT2D eigenvalue weighted by atomic mass is 10.0. The lowest BCUT2D eigenvalue weighted by molar-refractivity contribution is 0.0950. The maximum atomic E-state index is 13.4. The summed E-state index contributed by atoms with van der Waals surface area (Å²) in [5.41, 5.74) is 2.70. The quantitative estimate of drug-likeness (QED) is 0.127. The van der Waals surface area contributed by atoms with Crippen LogP contribution in [0.25, 0.3) is 5.69 Å². The molecular weight excluding hydrogens is 562 g/mol. The SMILES string of the molecule is Cc1ccc(C(=O)c2nn(-c3ccc(Cl)cc3)c(NCCCNC(=O)c3ccccc3Oc3ccccc3)c2C#N)cc1. The summed E-state index contributed by atoms with van der Waals surface area (Å²) in [7, 11) is 0. The van der Waals surface area contributed by atoms with Gasteiger partial charge in [-0.05, 0) is 61.9 Å². The summed E-state index contributed by atoms with van der Waals surface area (Å²) >= 11 is 6.09. The first-order valence-electron chi connectivity index (χ1n) is 13.7. The summed E-state index contributed by atoms with van der Waals surface area (Å²) in [4.78, 5) is 26.4. The second kappa shape index (κ2) is 13.5. The second-order valence-corrected chi connectivity index (χ2v) is 10.2. The molecule has 0 aliphatic heterocycles. The van der Waals surface area contributed by atoms with Crippen LogP contribution in [0.15, 0.2) is 103 Å². The van der Waals surface area contributed by atoms with Crippen LogP contribution in [-0.4, -0.2) is 34.6 Å². The van der Waals surface area contributed by atoms with Crippen molar-refractivity contribution in [2.24, 2.45) is 0 Å². The molecular formula is C34H28ClN5O3. The van der Waals surface area contributed by atoms with Crippen molar-refractivity contribution in [3.8, 4) is 23.3 Å². The highest BCUT2D eigenvalue weighted by atomic mass is 35.5. The highest BCUT2D eigenvalue weighted by Crippen LogP contribution is 2.27. The van der Waals surface area contributed by atoms with Crippen molar-refractivity contribution in [1.29, 1.82) is 5.26 Å². The fourth-order valence-electron chi connectivity index (χ4n) is 4.41. The lowest BCUT2D eigenvalue weighted by Crippen LogP contribution is -2.26. The number of para-hydroxylation sites is 2. The molecule has 9 heteroatoms. The van der Waals surface area contributed by atoms with Gasteiger partial charge in [0.05, 0.1) is 11.3 Å². The van der Waals surface area contributed by atoms with Crippen molar-refractivity contribution in [3.63, 3.8) is 0 Å². The molecule has 1 amide bonds. The molecule has 0 atom stereocenters. The van der Waals surface area contributed by atoms with Crippen LogP contribution in [-0.2, 0) is 0 Å². The molecule has 0 aliphatic rings. The zero-order valence-corrected chi connectivity index (χ0v) is 24.1. The normalized spacial score (nSPS) is 10.5. The summed E-state index contributed by atoms with van der Waals surface area (Å²) in [6.45, 7) is 2.69. The fourth-order valence-corrected chi connectivity index (χ4v) is 4.53. The molecule has 0 aliphatic carbocycles. The molecule has 1 aromatic heterocycles. The van der Waals surface area contributed by atoms with Gasteiger partial charge in [0, 0.05) is 23.7 Å². The number of nitriles is 1. The zero-order chi connectivity index (χ0) is 30.2. The Bertz CT molecular complexity index is 1780. The van der Waals surface area contributed by atoms with Crippen LogP contribution in [0.5, 0.6) is 11.5 Å². The number of benzene rings is 4. The highest BCUT2D eigenvalue weighted by Gasteiger charge is 2.25. The van der Waals surface area contributed by atoms with Gasteiger partial charge in [0.25, 0.3) is 5.91 Å². The van der Waals surface area contributed by atoms with E-state index in [-0.39, 0.29) is 22.9 Å². The van der Waals surface area contributed by atoms with Gasteiger partial charge in [-0.2, -0.15) is 10.4 Å². The van der Waals surface area contributed by atoms with Gasteiger partial charge in [0.1, 0.15) is 28.9 Å². The number of nitrogens with one attached hydrogen (secondary N) is 2. The molecule has 1 heterocycles. The number of carbonyl (C=O) groups excluding carboxylic acids is 2. The van der Waals surface area contributed by atoms with Crippen LogP contribution in [0.3, 0.4) is 0 Å². The maximum Gasteiger partial charge on any atom is 0.255 e. The number of hydrogen-bond donors (Lipinski definition) is 2. The minimum atomic E-state index is -0.351. The van der Waals surface area contributed by atoms with Gasteiger partial charge in [-0.25, -0.2) is 4.68 Å².